The highest BCUT2D eigenvalue weighted by molar-refractivity contribution is 9.10. The fourth-order valence-corrected chi connectivity index (χ4v) is 3.43. The number of halogens is 2. The molecule has 0 spiro atoms. The van der Waals surface area contributed by atoms with Gasteiger partial charge in [0.25, 0.3) is 0 Å². The van der Waals surface area contributed by atoms with Crippen molar-refractivity contribution in [3.63, 3.8) is 0 Å². The second kappa shape index (κ2) is 5.90. The number of aromatic nitrogens is 1. The molecule has 1 aromatic heterocycles. The van der Waals surface area contributed by atoms with E-state index >= 15 is 0 Å². The number of anilines is 1. The number of hydrogen-bond donors (Lipinski definition) is 1. The Kier molecular flexibility index (Phi) is 4.17. The van der Waals surface area contributed by atoms with Crippen molar-refractivity contribution >= 4 is 39.3 Å². The average molecular weight is 359 g/mol. The lowest BCUT2D eigenvalue weighted by molar-refractivity contribution is -0.123. The SMILES string of the molecule is O=C(NC1CCN(c2ncc(Cl)cc2Br)CC1)C1CC1. The third-order valence-corrected chi connectivity index (χ3v) is 4.67. The van der Waals surface area contributed by atoms with E-state index in [-0.39, 0.29) is 5.91 Å². The Bertz CT molecular complexity index is 513. The van der Waals surface area contributed by atoms with Crippen molar-refractivity contribution < 1.29 is 4.79 Å². The van der Waals surface area contributed by atoms with Gasteiger partial charge in [-0.25, -0.2) is 4.98 Å². The van der Waals surface area contributed by atoms with Crippen LogP contribution in [-0.4, -0.2) is 30.0 Å². The summed E-state index contributed by atoms with van der Waals surface area (Å²) >= 11 is 9.42. The molecule has 6 heteroatoms. The van der Waals surface area contributed by atoms with Gasteiger partial charge in [-0.05, 0) is 47.7 Å². The first-order chi connectivity index (χ1) is 9.63. The van der Waals surface area contributed by atoms with Crippen molar-refractivity contribution in [2.45, 2.75) is 31.7 Å². The number of hydrogen-bond acceptors (Lipinski definition) is 3. The molecule has 20 heavy (non-hydrogen) atoms. The molecule has 1 aliphatic heterocycles. The van der Waals surface area contributed by atoms with E-state index in [2.05, 4.69) is 31.1 Å². The van der Waals surface area contributed by atoms with Crippen LogP contribution in [-0.2, 0) is 4.79 Å². The molecule has 108 valence electrons. The Balaban J connectivity index is 1.56. The molecule has 2 fully saturated rings. The van der Waals surface area contributed by atoms with E-state index in [1.54, 1.807) is 6.20 Å². The molecule has 0 atom stereocenters. The van der Waals surface area contributed by atoms with Crippen molar-refractivity contribution in [2.24, 2.45) is 5.92 Å². The van der Waals surface area contributed by atoms with Crippen LogP contribution in [0.4, 0.5) is 5.82 Å². The number of carbonyl (C=O) groups is 1. The smallest absolute Gasteiger partial charge is 0.223 e. The molecular formula is C14H17BrClN3O. The van der Waals surface area contributed by atoms with Crippen LogP contribution in [0.25, 0.3) is 0 Å². The monoisotopic (exact) mass is 357 g/mol. The van der Waals surface area contributed by atoms with E-state index in [9.17, 15) is 4.79 Å². The van der Waals surface area contributed by atoms with Gasteiger partial charge < -0.3 is 10.2 Å². The van der Waals surface area contributed by atoms with E-state index in [1.165, 1.54) is 0 Å². The maximum Gasteiger partial charge on any atom is 0.223 e. The largest absolute Gasteiger partial charge is 0.356 e. The fraction of sp³-hybridized carbons (Fsp3) is 0.571. The lowest BCUT2D eigenvalue weighted by Crippen LogP contribution is -2.45. The Morgan fingerprint density at radius 2 is 2.05 bits per heavy atom. The molecule has 1 amide bonds. The van der Waals surface area contributed by atoms with Gasteiger partial charge >= 0.3 is 0 Å². The molecule has 1 aliphatic carbocycles. The zero-order valence-corrected chi connectivity index (χ0v) is 13.5. The Morgan fingerprint density at radius 1 is 1.35 bits per heavy atom. The fourth-order valence-electron chi connectivity index (χ4n) is 2.54. The summed E-state index contributed by atoms with van der Waals surface area (Å²) in [4.78, 5) is 18.4. The molecule has 1 aromatic rings. The molecule has 0 aromatic carbocycles. The predicted octanol–water partition coefficient (Wildman–Crippen LogP) is 2.99. The molecule has 2 aliphatic rings. The highest BCUT2D eigenvalue weighted by Gasteiger charge is 2.32. The first kappa shape index (κ1) is 14.1. The van der Waals surface area contributed by atoms with Gasteiger partial charge in [-0.1, -0.05) is 11.6 Å². The summed E-state index contributed by atoms with van der Waals surface area (Å²) in [7, 11) is 0. The summed E-state index contributed by atoms with van der Waals surface area (Å²) in [5, 5.41) is 3.79. The highest BCUT2D eigenvalue weighted by Crippen LogP contribution is 2.30. The number of carbonyl (C=O) groups excluding carboxylic acids is 1. The third-order valence-electron chi connectivity index (χ3n) is 3.88. The quantitative estimate of drug-likeness (QED) is 0.903. The Hall–Kier alpha value is -0.810. The third kappa shape index (κ3) is 3.26. The predicted molar refractivity (Wildman–Crippen MR) is 83.0 cm³/mol. The van der Waals surface area contributed by atoms with Gasteiger partial charge in [-0.2, -0.15) is 0 Å². The van der Waals surface area contributed by atoms with E-state index in [0.29, 0.717) is 17.0 Å². The molecule has 0 radical (unpaired) electrons. The van der Waals surface area contributed by atoms with Crippen LogP contribution in [0.1, 0.15) is 25.7 Å². The summed E-state index contributed by atoms with van der Waals surface area (Å²) in [5.41, 5.74) is 0. The van der Waals surface area contributed by atoms with E-state index in [0.717, 1.165) is 49.1 Å². The molecule has 0 unspecified atom stereocenters. The number of nitrogens with zero attached hydrogens (tertiary/aromatic N) is 2. The first-order valence-electron chi connectivity index (χ1n) is 7.00. The van der Waals surface area contributed by atoms with Crippen molar-refractivity contribution in [1.29, 1.82) is 0 Å². The summed E-state index contributed by atoms with van der Waals surface area (Å²) in [6, 6.07) is 2.18. The second-order valence-electron chi connectivity index (χ2n) is 5.50. The molecule has 1 N–H and O–H groups in total. The normalized spacial score (nSPS) is 20.0. The van der Waals surface area contributed by atoms with Crippen molar-refractivity contribution in [3.05, 3.63) is 21.8 Å². The van der Waals surface area contributed by atoms with Crippen LogP contribution < -0.4 is 10.2 Å². The average Bonchev–Trinajstić information content (AvgIpc) is 3.24. The van der Waals surface area contributed by atoms with E-state index < -0.39 is 0 Å². The number of amides is 1. The zero-order chi connectivity index (χ0) is 14.1. The van der Waals surface area contributed by atoms with Gasteiger partial charge in [0.2, 0.25) is 5.91 Å². The molecular weight excluding hydrogens is 342 g/mol. The molecule has 4 nitrogen and oxygen atoms in total. The van der Waals surface area contributed by atoms with Gasteiger partial charge in [-0.3, -0.25) is 4.79 Å². The minimum atomic E-state index is 0.245. The van der Waals surface area contributed by atoms with Crippen LogP contribution in [0, 0.1) is 5.92 Å². The van der Waals surface area contributed by atoms with Crippen LogP contribution in [0.5, 0.6) is 0 Å². The standard InChI is InChI=1S/C14H17BrClN3O/c15-12-7-10(16)8-17-13(12)19-5-3-11(4-6-19)18-14(20)9-1-2-9/h7-9,11H,1-6H2,(H,18,20). The van der Waals surface area contributed by atoms with E-state index in [1.807, 2.05) is 6.07 Å². The topological polar surface area (TPSA) is 45.2 Å². The van der Waals surface area contributed by atoms with E-state index in [4.69, 9.17) is 11.6 Å². The summed E-state index contributed by atoms with van der Waals surface area (Å²) in [5.74, 6) is 1.47. The van der Waals surface area contributed by atoms with Gasteiger partial charge in [0.15, 0.2) is 0 Å². The van der Waals surface area contributed by atoms with Crippen LogP contribution in [0.2, 0.25) is 5.02 Å². The van der Waals surface area contributed by atoms with Crippen LogP contribution >= 0.6 is 27.5 Å². The number of rotatable bonds is 3. The van der Waals surface area contributed by atoms with Gasteiger partial charge in [0, 0.05) is 31.2 Å². The summed E-state index contributed by atoms with van der Waals surface area (Å²) < 4.78 is 0.922. The Labute approximate surface area is 132 Å². The summed E-state index contributed by atoms with van der Waals surface area (Å²) in [6.45, 7) is 1.81. The molecule has 0 bridgehead atoms. The lowest BCUT2D eigenvalue weighted by Gasteiger charge is -2.33. The van der Waals surface area contributed by atoms with Crippen LogP contribution in [0.15, 0.2) is 16.7 Å². The lowest BCUT2D eigenvalue weighted by atomic mass is 10.0. The number of pyridine rings is 1. The maximum atomic E-state index is 11.8. The maximum absolute atomic E-state index is 11.8. The highest BCUT2D eigenvalue weighted by atomic mass is 79.9. The molecule has 2 heterocycles. The minimum absolute atomic E-state index is 0.245. The first-order valence-corrected chi connectivity index (χ1v) is 8.17. The summed E-state index contributed by atoms with van der Waals surface area (Å²) in [6.07, 6.45) is 5.73. The molecule has 3 rings (SSSR count). The van der Waals surface area contributed by atoms with Gasteiger partial charge in [0.05, 0.1) is 9.50 Å². The zero-order valence-electron chi connectivity index (χ0n) is 11.1. The number of piperidine rings is 1. The van der Waals surface area contributed by atoms with Crippen molar-refractivity contribution in [2.75, 3.05) is 18.0 Å². The number of nitrogens with one attached hydrogen (secondary N) is 1. The van der Waals surface area contributed by atoms with Gasteiger partial charge in [0.1, 0.15) is 5.82 Å². The van der Waals surface area contributed by atoms with Crippen LogP contribution in [0.3, 0.4) is 0 Å². The second-order valence-corrected chi connectivity index (χ2v) is 6.79. The van der Waals surface area contributed by atoms with Crippen molar-refractivity contribution in [1.82, 2.24) is 10.3 Å². The molecule has 1 saturated heterocycles. The molecule has 1 saturated carbocycles. The van der Waals surface area contributed by atoms with Gasteiger partial charge in [-0.15, -0.1) is 0 Å². The van der Waals surface area contributed by atoms with Crippen molar-refractivity contribution in [3.8, 4) is 0 Å². The Morgan fingerprint density at radius 3 is 2.65 bits per heavy atom. The minimum Gasteiger partial charge on any atom is -0.356 e.